The molecule has 0 heterocycles. The second-order valence-electron chi connectivity index (χ2n) is 4.51. The van der Waals surface area contributed by atoms with Gasteiger partial charge in [0.2, 0.25) is 0 Å². The number of anilines is 1. The second kappa shape index (κ2) is 7.76. The summed E-state index contributed by atoms with van der Waals surface area (Å²) >= 11 is 5.89. The third-order valence-electron chi connectivity index (χ3n) is 2.87. The number of aliphatic hydroxyl groups is 1. The summed E-state index contributed by atoms with van der Waals surface area (Å²) in [5.74, 6) is 1.26. The normalized spacial score (nSPS) is 11.8. The van der Waals surface area contributed by atoms with Crippen LogP contribution in [-0.4, -0.2) is 31.5 Å². The molecule has 0 saturated carbocycles. The molecule has 4 nitrogen and oxygen atoms in total. The fraction of sp³-hybridized carbons (Fsp3) is 0.250. The number of nitrogens with one attached hydrogen (secondary N) is 1. The SMILES string of the molecule is COc1ccccc1OCC(O)CNc1cccc(Cl)c1. The van der Waals surface area contributed by atoms with Crippen LogP contribution in [0.4, 0.5) is 5.69 Å². The van der Waals surface area contributed by atoms with E-state index in [0.29, 0.717) is 23.1 Å². The monoisotopic (exact) mass is 307 g/mol. The lowest BCUT2D eigenvalue weighted by molar-refractivity contribution is 0.115. The maximum atomic E-state index is 9.94. The third-order valence-corrected chi connectivity index (χ3v) is 3.10. The zero-order valence-corrected chi connectivity index (χ0v) is 12.5. The van der Waals surface area contributed by atoms with E-state index in [1.165, 1.54) is 0 Å². The van der Waals surface area contributed by atoms with Gasteiger partial charge in [-0.15, -0.1) is 0 Å². The van der Waals surface area contributed by atoms with Gasteiger partial charge in [0.25, 0.3) is 0 Å². The second-order valence-corrected chi connectivity index (χ2v) is 4.94. The van der Waals surface area contributed by atoms with Gasteiger partial charge in [-0.3, -0.25) is 0 Å². The van der Waals surface area contributed by atoms with Crippen LogP contribution in [0.1, 0.15) is 0 Å². The molecular weight excluding hydrogens is 290 g/mol. The highest BCUT2D eigenvalue weighted by atomic mass is 35.5. The van der Waals surface area contributed by atoms with Crippen LogP contribution in [0.3, 0.4) is 0 Å². The molecule has 0 saturated heterocycles. The molecule has 112 valence electrons. The molecule has 5 heteroatoms. The van der Waals surface area contributed by atoms with Gasteiger partial charge < -0.3 is 19.9 Å². The average Bonchev–Trinajstić information content (AvgIpc) is 2.51. The van der Waals surface area contributed by atoms with Crippen LogP contribution in [0, 0.1) is 0 Å². The number of ether oxygens (including phenoxy) is 2. The predicted octanol–water partition coefficient (Wildman–Crippen LogP) is 3.20. The van der Waals surface area contributed by atoms with Crippen LogP contribution in [0.5, 0.6) is 11.5 Å². The number of rotatable bonds is 7. The summed E-state index contributed by atoms with van der Waals surface area (Å²) in [4.78, 5) is 0. The minimum absolute atomic E-state index is 0.175. The number of methoxy groups -OCH3 is 1. The molecule has 0 aliphatic rings. The highest BCUT2D eigenvalue weighted by Crippen LogP contribution is 2.25. The molecular formula is C16H18ClNO3. The van der Waals surface area contributed by atoms with E-state index in [0.717, 1.165) is 5.69 Å². The first-order chi connectivity index (χ1) is 10.2. The van der Waals surface area contributed by atoms with Gasteiger partial charge in [-0.1, -0.05) is 29.8 Å². The van der Waals surface area contributed by atoms with Crippen LogP contribution in [0.15, 0.2) is 48.5 Å². The molecule has 0 aliphatic heterocycles. The third kappa shape index (κ3) is 4.85. The Labute approximate surface area is 129 Å². The lowest BCUT2D eigenvalue weighted by Gasteiger charge is -2.15. The molecule has 0 spiro atoms. The molecule has 1 unspecified atom stereocenters. The van der Waals surface area contributed by atoms with Crippen LogP contribution < -0.4 is 14.8 Å². The van der Waals surface area contributed by atoms with E-state index < -0.39 is 6.10 Å². The standard InChI is InChI=1S/C16H18ClNO3/c1-20-15-7-2-3-8-16(15)21-11-14(19)10-18-13-6-4-5-12(17)9-13/h2-9,14,18-19H,10-11H2,1H3. The molecule has 21 heavy (non-hydrogen) atoms. The summed E-state index contributed by atoms with van der Waals surface area (Å²) in [6.45, 7) is 0.545. The molecule has 2 aromatic rings. The van der Waals surface area contributed by atoms with Crippen LogP contribution in [-0.2, 0) is 0 Å². The molecule has 2 N–H and O–H groups in total. The number of hydrogen-bond donors (Lipinski definition) is 2. The lowest BCUT2D eigenvalue weighted by Crippen LogP contribution is -2.26. The van der Waals surface area contributed by atoms with Crippen molar-refractivity contribution < 1.29 is 14.6 Å². The zero-order chi connectivity index (χ0) is 15.1. The molecule has 0 fully saturated rings. The largest absolute Gasteiger partial charge is 0.493 e. The van der Waals surface area contributed by atoms with Crippen molar-refractivity contribution in [2.24, 2.45) is 0 Å². The molecule has 0 aromatic heterocycles. The van der Waals surface area contributed by atoms with Gasteiger partial charge in [0, 0.05) is 17.3 Å². The van der Waals surface area contributed by atoms with Gasteiger partial charge in [-0.05, 0) is 30.3 Å². The number of halogens is 1. The summed E-state index contributed by atoms with van der Waals surface area (Å²) in [6, 6.07) is 14.7. The van der Waals surface area contributed by atoms with Crippen LogP contribution in [0.25, 0.3) is 0 Å². The van der Waals surface area contributed by atoms with Crippen molar-refractivity contribution in [3.05, 3.63) is 53.6 Å². The fourth-order valence-corrected chi connectivity index (χ4v) is 2.01. The minimum atomic E-state index is -0.645. The highest BCUT2D eigenvalue weighted by molar-refractivity contribution is 6.30. The van der Waals surface area contributed by atoms with Crippen molar-refractivity contribution in [3.63, 3.8) is 0 Å². The number of aliphatic hydroxyl groups excluding tert-OH is 1. The smallest absolute Gasteiger partial charge is 0.161 e. The Morgan fingerprint density at radius 3 is 2.62 bits per heavy atom. The lowest BCUT2D eigenvalue weighted by atomic mass is 10.3. The summed E-state index contributed by atoms with van der Waals surface area (Å²) in [5.41, 5.74) is 0.860. The molecule has 0 radical (unpaired) electrons. The Kier molecular flexibility index (Phi) is 5.72. The average molecular weight is 308 g/mol. The van der Waals surface area contributed by atoms with E-state index in [4.69, 9.17) is 21.1 Å². The van der Waals surface area contributed by atoms with E-state index in [-0.39, 0.29) is 6.61 Å². The maximum absolute atomic E-state index is 9.94. The first kappa shape index (κ1) is 15.5. The fourth-order valence-electron chi connectivity index (χ4n) is 1.82. The summed E-state index contributed by atoms with van der Waals surface area (Å²) in [6.07, 6.45) is -0.645. The molecule has 0 aliphatic carbocycles. The first-order valence-electron chi connectivity index (χ1n) is 6.62. The van der Waals surface area contributed by atoms with Gasteiger partial charge in [0.15, 0.2) is 11.5 Å². The molecule has 1 atom stereocenters. The van der Waals surface area contributed by atoms with E-state index in [1.54, 1.807) is 25.3 Å². The van der Waals surface area contributed by atoms with Gasteiger partial charge >= 0.3 is 0 Å². The Morgan fingerprint density at radius 2 is 1.90 bits per heavy atom. The van der Waals surface area contributed by atoms with Crippen molar-refractivity contribution in [2.45, 2.75) is 6.10 Å². The van der Waals surface area contributed by atoms with E-state index >= 15 is 0 Å². The first-order valence-corrected chi connectivity index (χ1v) is 7.00. The van der Waals surface area contributed by atoms with Crippen molar-refractivity contribution in [3.8, 4) is 11.5 Å². The highest BCUT2D eigenvalue weighted by Gasteiger charge is 2.08. The Bertz CT molecular complexity index is 577. The van der Waals surface area contributed by atoms with Crippen LogP contribution in [0.2, 0.25) is 5.02 Å². The van der Waals surface area contributed by atoms with Crippen LogP contribution >= 0.6 is 11.6 Å². The topological polar surface area (TPSA) is 50.7 Å². The quantitative estimate of drug-likeness (QED) is 0.825. The number of hydrogen-bond acceptors (Lipinski definition) is 4. The Morgan fingerprint density at radius 1 is 1.14 bits per heavy atom. The van der Waals surface area contributed by atoms with Crippen molar-refractivity contribution in [1.82, 2.24) is 0 Å². The van der Waals surface area contributed by atoms with Crippen molar-refractivity contribution >= 4 is 17.3 Å². The molecule has 0 bridgehead atoms. The molecule has 2 rings (SSSR count). The van der Waals surface area contributed by atoms with E-state index in [2.05, 4.69) is 5.32 Å². The van der Waals surface area contributed by atoms with Crippen molar-refractivity contribution in [1.29, 1.82) is 0 Å². The van der Waals surface area contributed by atoms with Gasteiger partial charge in [0.05, 0.1) is 7.11 Å². The minimum Gasteiger partial charge on any atom is -0.493 e. The van der Waals surface area contributed by atoms with Crippen molar-refractivity contribution in [2.75, 3.05) is 25.6 Å². The summed E-state index contributed by atoms with van der Waals surface area (Å²) in [5, 5.41) is 13.7. The number of para-hydroxylation sites is 2. The zero-order valence-electron chi connectivity index (χ0n) is 11.8. The van der Waals surface area contributed by atoms with Gasteiger partial charge in [-0.2, -0.15) is 0 Å². The summed E-state index contributed by atoms with van der Waals surface area (Å²) in [7, 11) is 1.58. The molecule has 0 amide bonds. The van der Waals surface area contributed by atoms with Gasteiger partial charge in [0.1, 0.15) is 12.7 Å². The van der Waals surface area contributed by atoms with Gasteiger partial charge in [-0.25, -0.2) is 0 Å². The van der Waals surface area contributed by atoms with E-state index in [1.807, 2.05) is 30.3 Å². The molecule has 2 aromatic carbocycles. The Hall–Kier alpha value is -1.91. The summed E-state index contributed by atoms with van der Waals surface area (Å²) < 4.78 is 10.7. The Balaban J connectivity index is 1.81. The predicted molar refractivity (Wildman–Crippen MR) is 84.4 cm³/mol. The maximum Gasteiger partial charge on any atom is 0.161 e. The van der Waals surface area contributed by atoms with E-state index in [9.17, 15) is 5.11 Å². The number of benzene rings is 2.